The standard InChI is InChI=1S/C13H14F3N5O3/c1-8-6-9(13(14,15)16)19-21(8)5-3-18-11-12(24)20(4-2-17-11)7-10(22)23/h2,4,6H,3,5,7H2,1H3,(H,17,18)(H,22,23). The predicted octanol–water partition coefficient (Wildman–Crippen LogP) is 0.964. The number of alkyl halides is 3. The lowest BCUT2D eigenvalue weighted by Crippen LogP contribution is -2.28. The summed E-state index contributed by atoms with van der Waals surface area (Å²) in [6.07, 6.45) is -2.03. The van der Waals surface area contributed by atoms with Gasteiger partial charge in [0.25, 0.3) is 5.56 Å². The average Bonchev–Trinajstić information content (AvgIpc) is 2.84. The molecule has 11 heteroatoms. The summed E-state index contributed by atoms with van der Waals surface area (Å²) < 4.78 is 39.8. The molecule has 0 unspecified atom stereocenters. The third-order valence-corrected chi connectivity index (χ3v) is 3.11. The van der Waals surface area contributed by atoms with Gasteiger partial charge in [-0.1, -0.05) is 0 Å². The number of rotatable bonds is 6. The molecule has 0 atom stereocenters. The summed E-state index contributed by atoms with van der Waals surface area (Å²) in [6, 6.07) is 0.931. The van der Waals surface area contributed by atoms with Crippen molar-refractivity contribution in [3.05, 3.63) is 40.2 Å². The summed E-state index contributed by atoms with van der Waals surface area (Å²) in [7, 11) is 0. The molecule has 2 aromatic heterocycles. The Balaban J connectivity index is 2.04. The van der Waals surface area contributed by atoms with E-state index in [4.69, 9.17) is 5.11 Å². The van der Waals surface area contributed by atoms with E-state index >= 15 is 0 Å². The summed E-state index contributed by atoms with van der Waals surface area (Å²) in [5.74, 6) is -1.26. The fraction of sp³-hybridized carbons (Fsp3) is 0.385. The van der Waals surface area contributed by atoms with Gasteiger partial charge in [-0.2, -0.15) is 18.3 Å². The van der Waals surface area contributed by atoms with Crippen molar-refractivity contribution in [1.82, 2.24) is 19.3 Å². The molecule has 0 saturated carbocycles. The topological polar surface area (TPSA) is 102 Å². The zero-order valence-corrected chi connectivity index (χ0v) is 12.5. The third-order valence-electron chi connectivity index (χ3n) is 3.11. The molecule has 8 nitrogen and oxygen atoms in total. The number of carbonyl (C=O) groups is 1. The molecule has 0 amide bonds. The number of nitrogens with zero attached hydrogens (tertiary/aromatic N) is 4. The highest BCUT2D eigenvalue weighted by Gasteiger charge is 2.34. The summed E-state index contributed by atoms with van der Waals surface area (Å²) in [5.41, 5.74) is -1.29. The van der Waals surface area contributed by atoms with Crippen molar-refractivity contribution in [3.63, 3.8) is 0 Å². The fourth-order valence-corrected chi connectivity index (χ4v) is 1.99. The molecule has 0 fully saturated rings. The average molecular weight is 345 g/mol. The Bertz CT molecular complexity index is 797. The summed E-state index contributed by atoms with van der Waals surface area (Å²) in [4.78, 5) is 26.4. The molecule has 130 valence electrons. The van der Waals surface area contributed by atoms with Crippen molar-refractivity contribution in [3.8, 4) is 0 Å². The van der Waals surface area contributed by atoms with Gasteiger partial charge in [0.15, 0.2) is 11.5 Å². The maximum atomic E-state index is 12.6. The van der Waals surface area contributed by atoms with Gasteiger partial charge in [0.1, 0.15) is 6.54 Å². The monoisotopic (exact) mass is 345 g/mol. The van der Waals surface area contributed by atoms with E-state index in [0.29, 0.717) is 5.69 Å². The van der Waals surface area contributed by atoms with E-state index in [2.05, 4.69) is 15.4 Å². The molecule has 0 aliphatic rings. The van der Waals surface area contributed by atoms with Crippen molar-refractivity contribution < 1.29 is 23.1 Å². The second-order valence-electron chi connectivity index (χ2n) is 4.92. The van der Waals surface area contributed by atoms with Crippen LogP contribution in [0.5, 0.6) is 0 Å². The van der Waals surface area contributed by atoms with Crippen LogP contribution in [0.1, 0.15) is 11.4 Å². The number of aryl methyl sites for hydroxylation is 1. The molecule has 2 rings (SSSR count). The van der Waals surface area contributed by atoms with Gasteiger partial charge >= 0.3 is 12.1 Å². The van der Waals surface area contributed by atoms with Crippen LogP contribution in [0.15, 0.2) is 23.3 Å². The fourth-order valence-electron chi connectivity index (χ4n) is 1.99. The number of carboxylic acids is 1. The molecular weight excluding hydrogens is 331 g/mol. The molecule has 0 aromatic carbocycles. The van der Waals surface area contributed by atoms with E-state index in [-0.39, 0.29) is 18.9 Å². The smallest absolute Gasteiger partial charge is 0.435 e. The molecule has 0 saturated heterocycles. The van der Waals surface area contributed by atoms with Crippen LogP contribution in [0.4, 0.5) is 19.0 Å². The number of hydrogen-bond donors (Lipinski definition) is 2. The van der Waals surface area contributed by atoms with Crippen molar-refractivity contribution in [2.75, 3.05) is 11.9 Å². The highest BCUT2D eigenvalue weighted by atomic mass is 19.4. The molecule has 0 bridgehead atoms. The van der Waals surface area contributed by atoms with Crippen LogP contribution < -0.4 is 10.9 Å². The van der Waals surface area contributed by atoms with Gasteiger partial charge < -0.3 is 10.4 Å². The highest BCUT2D eigenvalue weighted by molar-refractivity contribution is 5.66. The van der Waals surface area contributed by atoms with Gasteiger partial charge in [-0.25, -0.2) is 4.98 Å². The lowest BCUT2D eigenvalue weighted by molar-refractivity contribution is -0.141. The number of hydrogen-bond acceptors (Lipinski definition) is 5. The van der Waals surface area contributed by atoms with Gasteiger partial charge in [0.2, 0.25) is 0 Å². The zero-order valence-electron chi connectivity index (χ0n) is 12.5. The van der Waals surface area contributed by atoms with Crippen LogP contribution in [0, 0.1) is 6.92 Å². The van der Waals surface area contributed by atoms with Gasteiger partial charge in [-0.05, 0) is 13.0 Å². The molecule has 2 heterocycles. The SMILES string of the molecule is Cc1cc(C(F)(F)F)nn1CCNc1nccn(CC(=O)O)c1=O. The van der Waals surface area contributed by atoms with Crippen LogP contribution in [0.3, 0.4) is 0 Å². The number of anilines is 1. The first-order valence-corrected chi connectivity index (χ1v) is 6.81. The molecule has 24 heavy (non-hydrogen) atoms. The van der Waals surface area contributed by atoms with E-state index in [1.807, 2.05) is 0 Å². The van der Waals surface area contributed by atoms with Crippen LogP contribution in [0.25, 0.3) is 0 Å². The van der Waals surface area contributed by atoms with Gasteiger partial charge in [0.05, 0.1) is 6.54 Å². The largest absolute Gasteiger partial charge is 0.480 e. The Hall–Kier alpha value is -2.85. The lowest BCUT2D eigenvalue weighted by Gasteiger charge is -2.08. The molecule has 2 aromatic rings. The molecular formula is C13H14F3N5O3. The Kier molecular flexibility index (Phi) is 4.90. The maximum absolute atomic E-state index is 12.6. The van der Waals surface area contributed by atoms with Crippen molar-refractivity contribution in [2.24, 2.45) is 0 Å². The molecule has 0 aliphatic carbocycles. The quantitative estimate of drug-likeness (QED) is 0.809. The first-order chi connectivity index (χ1) is 11.2. The Labute approximate surface area is 133 Å². The summed E-state index contributed by atoms with van der Waals surface area (Å²) >= 11 is 0. The molecule has 0 spiro atoms. The highest BCUT2D eigenvalue weighted by Crippen LogP contribution is 2.28. The Morgan fingerprint density at radius 3 is 2.71 bits per heavy atom. The Morgan fingerprint density at radius 2 is 2.12 bits per heavy atom. The van der Waals surface area contributed by atoms with Crippen LogP contribution in [-0.4, -0.2) is 37.0 Å². The van der Waals surface area contributed by atoms with Gasteiger partial charge in [-0.3, -0.25) is 18.8 Å². The normalized spacial score (nSPS) is 11.5. The number of aliphatic carboxylic acids is 1. The minimum Gasteiger partial charge on any atom is -0.480 e. The molecule has 2 N–H and O–H groups in total. The van der Waals surface area contributed by atoms with E-state index in [1.54, 1.807) is 0 Å². The third kappa shape index (κ3) is 4.12. The van der Waals surface area contributed by atoms with E-state index in [9.17, 15) is 22.8 Å². The Morgan fingerprint density at radius 1 is 1.42 bits per heavy atom. The van der Waals surface area contributed by atoms with Crippen molar-refractivity contribution in [2.45, 2.75) is 26.2 Å². The van der Waals surface area contributed by atoms with Crippen LogP contribution >= 0.6 is 0 Å². The predicted molar refractivity (Wildman–Crippen MR) is 76.6 cm³/mol. The van der Waals surface area contributed by atoms with E-state index in [0.717, 1.165) is 15.3 Å². The van der Waals surface area contributed by atoms with E-state index in [1.165, 1.54) is 19.3 Å². The minimum absolute atomic E-state index is 0.0802. The minimum atomic E-state index is -4.52. The van der Waals surface area contributed by atoms with Crippen molar-refractivity contribution >= 4 is 11.8 Å². The summed E-state index contributed by atoms with van der Waals surface area (Å²) in [5, 5.41) is 14.8. The van der Waals surface area contributed by atoms with Gasteiger partial charge in [0, 0.05) is 24.6 Å². The number of nitrogens with one attached hydrogen (secondary N) is 1. The van der Waals surface area contributed by atoms with E-state index < -0.39 is 29.9 Å². The van der Waals surface area contributed by atoms with Gasteiger partial charge in [-0.15, -0.1) is 0 Å². The van der Waals surface area contributed by atoms with Crippen molar-refractivity contribution in [1.29, 1.82) is 0 Å². The first-order valence-electron chi connectivity index (χ1n) is 6.81. The lowest BCUT2D eigenvalue weighted by atomic mass is 10.3. The number of carboxylic acid groups (broad SMARTS) is 1. The molecule has 0 radical (unpaired) electrons. The second-order valence-corrected chi connectivity index (χ2v) is 4.92. The number of aromatic nitrogens is 4. The van der Waals surface area contributed by atoms with Crippen LogP contribution in [-0.2, 0) is 24.1 Å². The molecule has 0 aliphatic heterocycles. The second kappa shape index (κ2) is 6.72. The maximum Gasteiger partial charge on any atom is 0.435 e. The summed E-state index contributed by atoms with van der Waals surface area (Å²) in [6.45, 7) is 1.15. The zero-order chi connectivity index (χ0) is 17.9. The van der Waals surface area contributed by atoms with Crippen LogP contribution in [0.2, 0.25) is 0 Å². The number of halogens is 3. The first kappa shape index (κ1) is 17.5.